The molecule has 1 amide bonds. The van der Waals surface area contributed by atoms with Crippen LogP contribution in [-0.2, 0) is 11.2 Å². The number of carbonyl (C=O) groups is 1. The van der Waals surface area contributed by atoms with Crippen molar-refractivity contribution in [3.8, 4) is 0 Å². The molecule has 0 bridgehead atoms. The molecule has 0 saturated carbocycles. The standard InChI is InChI=1S/C19H29FN4O2.HI/c1-3-21-18(22-12-9-15-5-7-16(20)8-6-15)23-17-10-13-24(14-11-17)19(25)26-4-2;/h5-8,17H,3-4,9-14H2,1-2H3,(H2,21,22,23);1H. The van der Waals surface area contributed by atoms with Crippen molar-refractivity contribution in [3.63, 3.8) is 0 Å². The van der Waals surface area contributed by atoms with Gasteiger partial charge in [0.1, 0.15) is 5.82 Å². The Bertz CT molecular complexity index is 590. The van der Waals surface area contributed by atoms with Crippen LogP contribution in [0, 0.1) is 5.82 Å². The van der Waals surface area contributed by atoms with Crippen molar-refractivity contribution in [1.82, 2.24) is 15.5 Å². The van der Waals surface area contributed by atoms with Gasteiger partial charge in [0, 0.05) is 32.2 Å². The molecule has 0 atom stereocenters. The minimum Gasteiger partial charge on any atom is -0.450 e. The van der Waals surface area contributed by atoms with Gasteiger partial charge >= 0.3 is 6.09 Å². The highest BCUT2D eigenvalue weighted by Gasteiger charge is 2.23. The fraction of sp³-hybridized carbons (Fsp3) is 0.579. The molecule has 1 aliphatic heterocycles. The molecular formula is C19H30FIN4O2. The molecule has 152 valence electrons. The van der Waals surface area contributed by atoms with E-state index < -0.39 is 0 Å². The van der Waals surface area contributed by atoms with Gasteiger partial charge in [0.15, 0.2) is 5.96 Å². The summed E-state index contributed by atoms with van der Waals surface area (Å²) >= 11 is 0. The molecule has 2 N–H and O–H groups in total. The van der Waals surface area contributed by atoms with Crippen LogP contribution in [0.5, 0.6) is 0 Å². The van der Waals surface area contributed by atoms with Crippen molar-refractivity contribution in [1.29, 1.82) is 0 Å². The summed E-state index contributed by atoms with van der Waals surface area (Å²) in [5, 5.41) is 6.70. The molecule has 1 aromatic rings. The van der Waals surface area contributed by atoms with Crippen LogP contribution in [-0.4, -0.2) is 55.8 Å². The van der Waals surface area contributed by atoms with Crippen molar-refractivity contribution in [2.75, 3.05) is 32.8 Å². The van der Waals surface area contributed by atoms with Gasteiger partial charge < -0.3 is 20.3 Å². The summed E-state index contributed by atoms with van der Waals surface area (Å²) in [7, 11) is 0. The average Bonchev–Trinajstić information content (AvgIpc) is 2.64. The molecule has 27 heavy (non-hydrogen) atoms. The van der Waals surface area contributed by atoms with E-state index in [1.807, 2.05) is 13.8 Å². The maximum absolute atomic E-state index is 12.9. The number of nitrogens with zero attached hydrogens (tertiary/aromatic N) is 2. The Hall–Kier alpha value is -1.58. The third-order valence-electron chi connectivity index (χ3n) is 4.29. The van der Waals surface area contributed by atoms with E-state index in [9.17, 15) is 9.18 Å². The van der Waals surface area contributed by atoms with Crippen LogP contribution in [0.25, 0.3) is 0 Å². The lowest BCUT2D eigenvalue weighted by atomic mass is 10.1. The predicted molar refractivity (Wildman–Crippen MR) is 116 cm³/mol. The van der Waals surface area contributed by atoms with Crippen molar-refractivity contribution in [2.24, 2.45) is 4.99 Å². The molecular weight excluding hydrogens is 462 g/mol. The SMILES string of the molecule is CCNC(=NCCc1ccc(F)cc1)NC1CCN(C(=O)OCC)CC1.I. The molecule has 1 saturated heterocycles. The number of halogens is 2. The molecule has 0 unspecified atom stereocenters. The highest BCUT2D eigenvalue weighted by Crippen LogP contribution is 2.11. The Labute approximate surface area is 178 Å². The van der Waals surface area contributed by atoms with Crippen LogP contribution in [0.2, 0.25) is 0 Å². The zero-order chi connectivity index (χ0) is 18.8. The number of nitrogens with one attached hydrogen (secondary N) is 2. The number of amides is 1. The van der Waals surface area contributed by atoms with Crippen LogP contribution in [0.4, 0.5) is 9.18 Å². The zero-order valence-electron chi connectivity index (χ0n) is 16.0. The fourth-order valence-corrected chi connectivity index (χ4v) is 2.88. The minimum absolute atomic E-state index is 0. The third-order valence-corrected chi connectivity index (χ3v) is 4.29. The number of hydrogen-bond donors (Lipinski definition) is 2. The molecule has 0 radical (unpaired) electrons. The van der Waals surface area contributed by atoms with Crippen molar-refractivity contribution < 1.29 is 13.9 Å². The zero-order valence-corrected chi connectivity index (χ0v) is 18.4. The number of guanidine groups is 1. The van der Waals surface area contributed by atoms with Crippen LogP contribution in [0.1, 0.15) is 32.3 Å². The molecule has 1 heterocycles. The van der Waals surface area contributed by atoms with Gasteiger partial charge in [0.25, 0.3) is 0 Å². The van der Waals surface area contributed by atoms with Gasteiger partial charge in [-0.05, 0) is 50.8 Å². The molecule has 2 rings (SSSR count). The van der Waals surface area contributed by atoms with Crippen LogP contribution in [0.3, 0.4) is 0 Å². The largest absolute Gasteiger partial charge is 0.450 e. The Morgan fingerprint density at radius 3 is 2.52 bits per heavy atom. The topological polar surface area (TPSA) is 66.0 Å². The van der Waals surface area contributed by atoms with E-state index in [1.165, 1.54) is 12.1 Å². The van der Waals surface area contributed by atoms with Gasteiger partial charge in [-0.15, -0.1) is 24.0 Å². The first-order valence-corrected chi connectivity index (χ1v) is 9.33. The van der Waals surface area contributed by atoms with E-state index in [0.717, 1.165) is 37.3 Å². The molecule has 1 fully saturated rings. The lowest BCUT2D eigenvalue weighted by molar-refractivity contribution is 0.0963. The van der Waals surface area contributed by atoms with Crippen LogP contribution >= 0.6 is 24.0 Å². The highest BCUT2D eigenvalue weighted by atomic mass is 127. The molecule has 6 nitrogen and oxygen atoms in total. The molecule has 1 aliphatic rings. The smallest absolute Gasteiger partial charge is 0.409 e. The van der Waals surface area contributed by atoms with Gasteiger partial charge in [-0.25, -0.2) is 9.18 Å². The quantitative estimate of drug-likeness (QED) is 0.364. The third kappa shape index (κ3) is 8.32. The number of aliphatic imine (C=N–C) groups is 1. The summed E-state index contributed by atoms with van der Waals surface area (Å²) in [6.45, 7) is 7.03. The summed E-state index contributed by atoms with van der Waals surface area (Å²) in [4.78, 5) is 18.1. The summed E-state index contributed by atoms with van der Waals surface area (Å²) in [5.74, 6) is 0.561. The number of ether oxygens (including phenoxy) is 1. The highest BCUT2D eigenvalue weighted by molar-refractivity contribution is 14.0. The monoisotopic (exact) mass is 492 g/mol. The lowest BCUT2D eigenvalue weighted by Crippen LogP contribution is -2.50. The van der Waals surface area contributed by atoms with E-state index in [1.54, 1.807) is 17.0 Å². The van der Waals surface area contributed by atoms with Crippen molar-refractivity contribution in [2.45, 2.75) is 39.2 Å². The lowest BCUT2D eigenvalue weighted by Gasteiger charge is -2.32. The summed E-state index contributed by atoms with van der Waals surface area (Å²) in [6, 6.07) is 6.80. The van der Waals surface area contributed by atoms with Gasteiger partial charge in [-0.1, -0.05) is 12.1 Å². The maximum Gasteiger partial charge on any atom is 0.409 e. The Morgan fingerprint density at radius 1 is 1.26 bits per heavy atom. The first kappa shape index (κ1) is 23.5. The van der Waals surface area contributed by atoms with E-state index in [4.69, 9.17) is 4.74 Å². The number of likely N-dealkylation sites (tertiary alicyclic amines) is 1. The van der Waals surface area contributed by atoms with E-state index >= 15 is 0 Å². The molecule has 1 aromatic carbocycles. The van der Waals surface area contributed by atoms with Gasteiger partial charge in [-0.2, -0.15) is 0 Å². The van der Waals surface area contributed by atoms with Crippen molar-refractivity contribution >= 4 is 36.0 Å². The van der Waals surface area contributed by atoms with Gasteiger partial charge in [-0.3, -0.25) is 4.99 Å². The van der Waals surface area contributed by atoms with Gasteiger partial charge in [0.05, 0.1) is 6.61 Å². The van der Waals surface area contributed by atoms with Crippen molar-refractivity contribution in [3.05, 3.63) is 35.6 Å². The molecule has 8 heteroatoms. The fourth-order valence-electron chi connectivity index (χ4n) is 2.88. The number of hydrogen-bond acceptors (Lipinski definition) is 3. The number of rotatable bonds is 6. The number of carbonyl (C=O) groups excluding carboxylic acids is 1. The van der Waals surface area contributed by atoms with Gasteiger partial charge in [0.2, 0.25) is 0 Å². The summed E-state index contributed by atoms with van der Waals surface area (Å²) in [6.07, 6.45) is 2.26. The molecule has 0 aliphatic carbocycles. The Kier molecular flexibility index (Phi) is 11.1. The normalized spacial score (nSPS) is 15.1. The van der Waals surface area contributed by atoms with Crippen LogP contribution in [0.15, 0.2) is 29.3 Å². The Balaban J connectivity index is 0.00000364. The van der Waals surface area contributed by atoms with Crippen LogP contribution < -0.4 is 10.6 Å². The van der Waals surface area contributed by atoms with E-state index in [-0.39, 0.29) is 41.9 Å². The van der Waals surface area contributed by atoms with E-state index in [0.29, 0.717) is 26.2 Å². The first-order valence-electron chi connectivity index (χ1n) is 9.33. The maximum atomic E-state index is 12.9. The number of piperidine rings is 1. The number of benzene rings is 1. The van der Waals surface area contributed by atoms with E-state index in [2.05, 4.69) is 15.6 Å². The minimum atomic E-state index is -0.231. The summed E-state index contributed by atoms with van der Waals surface area (Å²) in [5.41, 5.74) is 1.06. The first-order chi connectivity index (χ1) is 12.6. The average molecular weight is 492 g/mol. The second-order valence-electron chi connectivity index (χ2n) is 6.24. The second-order valence-corrected chi connectivity index (χ2v) is 6.24. The second kappa shape index (κ2) is 12.7. The Morgan fingerprint density at radius 2 is 1.93 bits per heavy atom. The molecule has 0 aromatic heterocycles. The predicted octanol–water partition coefficient (Wildman–Crippen LogP) is 3.16. The summed E-state index contributed by atoms with van der Waals surface area (Å²) < 4.78 is 18.0. The molecule has 0 spiro atoms.